The van der Waals surface area contributed by atoms with Gasteiger partial charge in [-0.25, -0.2) is 8.78 Å². The van der Waals surface area contributed by atoms with Gasteiger partial charge in [-0.15, -0.1) is 0 Å². The summed E-state index contributed by atoms with van der Waals surface area (Å²) in [7, 11) is 0. The second kappa shape index (κ2) is 11.5. The van der Waals surface area contributed by atoms with Gasteiger partial charge in [-0.2, -0.15) is 0 Å². The second-order valence-corrected chi connectivity index (χ2v) is 15.5. The van der Waals surface area contributed by atoms with Crippen molar-refractivity contribution < 1.29 is 8.78 Å². The van der Waals surface area contributed by atoms with Crippen LogP contribution in [0.5, 0.6) is 0 Å². The lowest BCUT2D eigenvalue weighted by Crippen LogP contribution is -2.26. The summed E-state index contributed by atoms with van der Waals surface area (Å²) < 4.78 is 32.5. The molecular formula is C52H35F2N. The summed E-state index contributed by atoms with van der Waals surface area (Å²) >= 11 is 0. The summed E-state index contributed by atoms with van der Waals surface area (Å²) in [6.07, 6.45) is 0. The standard InChI is InChI=1S/C52H35F2N/c1-51(2)43-17-9-6-14-38(43)41-27-25-37(31-46(41)51)55(36-23-20-33(21-24-36)32-12-4-3-5-13-32)49-30-35(54)29-48-50(49)42-26-22-34(53)28-47(42)52(48)44-18-10-7-15-39(44)40-16-8-11-19-45(40)52/h3-31H,1-2H3. The van der Waals surface area contributed by atoms with E-state index in [2.05, 4.69) is 122 Å². The number of rotatable bonds is 4. The predicted molar refractivity (Wildman–Crippen MR) is 220 cm³/mol. The summed E-state index contributed by atoms with van der Waals surface area (Å²) in [5, 5.41) is 0. The highest BCUT2D eigenvalue weighted by Gasteiger charge is 2.53. The molecule has 11 rings (SSSR count). The van der Waals surface area contributed by atoms with E-state index >= 15 is 8.78 Å². The van der Waals surface area contributed by atoms with Crippen molar-refractivity contribution in [2.24, 2.45) is 0 Å². The van der Waals surface area contributed by atoms with Gasteiger partial charge in [-0.1, -0.05) is 141 Å². The lowest BCUT2D eigenvalue weighted by Gasteiger charge is -2.32. The summed E-state index contributed by atoms with van der Waals surface area (Å²) in [5.74, 6) is -0.661. The van der Waals surface area contributed by atoms with E-state index in [4.69, 9.17) is 0 Å². The molecule has 0 aliphatic heterocycles. The van der Waals surface area contributed by atoms with Crippen molar-refractivity contribution in [2.75, 3.05) is 4.90 Å². The van der Waals surface area contributed by atoms with Gasteiger partial charge in [0.25, 0.3) is 0 Å². The van der Waals surface area contributed by atoms with Crippen molar-refractivity contribution in [3.8, 4) is 44.5 Å². The third-order valence-electron chi connectivity index (χ3n) is 12.4. The fraction of sp³-hybridized carbons (Fsp3) is 0.0769. The number of halogens is 2. The molecule has 0 bridgehead atoms. The van der Waals surface area contributed by atoms with Crippen LogP contribution in [0.2, 0.25) is 0 Å². The SMILES string of the molecule is CC1(C)c2ccccc2-c2ccc(N(c3ccc(-c4ccccc4)cc3)c3cc(F)cc4c3-c3ccc(F)cc3C43c4ccccc4-c4ccccc43)cc21. The zero-order chi connectivity index (χ0) is 37.1. The molecule has 0 N–H and O–H groups in total. The molecule has 8 aromatic carbocycles. The van der Waals surface area contributed by atoms with E-state index in [9.17, 15) is 0 Å². The highest BCUT2D eigenvalue weighted by molar-refractivity contribution is 6.01. The normalized spacial score (nSPS) is 14.5. The Labute approximate surface area is 319 Å². The Morgan fingerprint density at radius 2 is 0.909 bits per heavy atom. The van der Waals surface area contributed by atoms with Crippen molar-refractivity contribution in [2.45, 2.75) is 24.7 Å². The Hall–Kier alpha value is -6.58. The minimum atomic E-state index is -0.902. The molecule has 0 unspecified atom stereocenters. The smallest absolute Gasteiger partial charge is 0.125 e. The number of hydrogen-bond donors (Lipinski definition) is 0. The van der Waals surface area contributed by atoms with Crippen LogP contribution >= 0.6 is 0 Å². The summed E-state index contributed by atoms with van der Waals surface area (Å²) in [5.41, 5.74) is 16.3. The molecule has 0 aromatic heterocycles. The van der Waals surface area contributed by atoms with Crippen molar-refractivity contribution in [1.82, 2.24) is 0 Å². The Balaban J connectivity index is 1.21. The Kier molecular flexibility index (Phi) is 6.65. The molecule has 0 amide bonds. The molecular weight excluding hydrogens is 677 g/mol. The Morgan fingerprint density at radius 1 is 0.382 bits per heavy atom. The number of hydrogen-bond acceptors (Lipinski definition) is 1. The van der Waals surface area contributed by atoms with E-state index in [1.807, 2.05) is 48.5 Å². The lowest BCUT2D eigenvalue weighted by molar-refractivity contribution is 0.618. The molecule has 3 heteroatoms. The second-order valence-electron chi connectivity index (χ2n) is 15.5. The number of anilines is 3. The average molecular weight is 712 g/mol. The van der Waals surface area contributed by atoms with Crippen LogP contribution in [0.15, 0.2) is 176 Å². The van der Waals surface area contributed by atoms with Crippen LogP contribution in [-0.4, -0.2) is 0 Å². The van der Waals surface area contributed by atoms with Gasteiger partial charge in [-0.05, 0) is 121 Å². The van der Waals surface area contributed by atoms with E-state index in [-0.39, 0.29) is 17.0 Å². The Morgan fingerprint density at radius 3 is 1.60 bits per heavy atom. The molecule has 1 nitrogen and oxygen atoms in total. The summed E-state index contributed by atoms with van der Waals surface area (Å²) in [4.78, 5) is 2.20. The fourth-order valence-electron chi connectivity index (χ4n) is 10.0. The maximum atomic E-state index is 16.8. The first kappa shape index (κ1) is 31.9. The molecule has 1 spiro atoms. The lowest BCUT2D eigenvalue weighted by atomic mass is 9.70. The number of fused-ring (bicyclic) bond motifs is 13. The fourth-order valence-corrected chi connectivity index (χ4v) is 10.0. The minimum absolute atomic E-state index is 0.236. The Bertz CT molecular complexity index is 2820. The van der Waals surface area contributed by atoms with E-state index < -0.39 is 5.41 Å². The number of nitrogens with zero attached hydrogens (tertiary/aromatic N) is 1. The highest BCUT2D eigenvalue weighted by Crippen LogP contribution is 2.65. The quantitative estimate of drug-likeness (QED) is 0.176. The van der Waals surface area contributed by atoms with Crippen LogP contribution in [0, 0.1) is 11.6 Å². The summed E-state index contributed by atoms with van der Waals surface area (Å²) in [6.45, 7) is 4.56. The van der Waals surface area contributed by atoms with Gasteiger partial charge in [0.1, 0.15) is 11.6 Å². The molecule has 55 heavy (non-hydrogen) atoms. The molecule has 8 aromatic rings. The molecule has 0 saturated carbocycles. The minimum Gasteiger partial charge on any atom is -0.310 e. The molecule has 3 aliphatic carbocycles. The van der Waals surface area contributed by atoms with E-state index in [0.717, 1.165) is 67.0 Å². The molecule has 0 radical (unpaired) electrons. The van der Waals surface area contributed by atoms with Crippen LogP contribution in [0.4, 0.5) is 25.8 Å². The third-order valence-corrected chi connectivity index (χ3v) is 12.4. The largest absolute Gasteiger partial charge is 0.310 e. The first-order chi connectivity index (χ1) is 26.9. The van der Waals surface area contributed by atoms with Crippen molar-refractivity contribution >= 4 is 17.1 Å². The van der Waals surface area contributed by atoms with Gasteiger partial charge in [-0.3, -0.25) is 0 Å². The van der Waals surface area contributed by atoms with Crippen LogP contribution in [-0.2, 0) is 10.8 Å². The number of benzene rings is 8. The van der Waals surface area contributed by atoms with Gasteiger partial charge in [0.2, 0.25) is 0 Å². The van der Waals surface area contributed by atoms with Crippen molar-refractivity contribution in [3.05, 3.63) is 221 Å². The predicted octanol–water partition coefficient (Wildman–Crippen LogP) is 13.8. The first-order valence-corrected chi connectivity index (χ1v) is 18.9. The van der Waals surface area contributed by atoms with Gasteiger partial charge in [0, 0.05) is 22.4 Å². The molecule has 0 atom stereocenters. The van der Waals surface area contributed by atoms with E-state index in [1.165, 1.54) is 28.3 Å². The topological polar surface area (TPSA) is 3.24 Å². The molecule has 3 aliphatic rings. The third kappa shape index (κ3) is 4.32. The van der Waals surface area contributed by atoms with Crippen LogP contribution < -0.4 is 4.90 Å². The van der Waals surface area contributed by atoms with E-state index in [0.29, 0.717) is 5.69 Å². The van der Waals surface area contributed by atoms with Crippen molar-refractivity contribution in [1.29, 1.82) is 0 Å². The molecule has 0 heterocycles. The van der Waals surface area contributed by atoms with Crippen molar-refractivity contribution in [3.63, 3.8) is 0 Å². The maximum Gasteiger partial charge on any atom is 0.125 e. The van der Waals surface area contributed by atoms with E-state index in [1.54, 1.807) is 18.2 Å². The van der Waals surface area contributed by atoms with Crippen LogP contribution in [0.1, 0.15) is 47.2 Å². The molecule has 262 valence electrons. The maximum absolute atomic E-state index is 16.8. The average Bonchev–Trinajstić information content (AvgIpc) is 3.77. The van der Waals surface area contributed by atoms with Gasteiger partial charge in [0.05, 0.1) is 11.1 Å². The first-order valence-electron chi connectivity index (χ1n) is 18.9. The molecule has 0 fully saturated rings. The van der Waals surface area contributed by atoms with Gasteiger partial charge < -0.3 is 4.90 Å². The van der Waals surface area contributed by atoms with Gasteiger partial charge in [0.15, 0.2) is 0 Å². The monoisotopic (exact) mass is 711 g/mol. The highest BCUT2D eigenvalue weighted by atomic mass is 19.1. The molecule has 0 saturated heterocycles. The van der Waals surface area contributed by atoms with Crippen LogP contribution in [0.25, 0.3) is 44.5 Å². The zero-order valence-electron chi connectivity index (χ0n) is 30.4. The zero-order valence-corrected chi connectivity index (χ0v) is 30.4. The summed E-state index contributed by atoms with van der Waals surface area (Å²) in [6, 6.07) is 59.3. The van der Waals surface area contributed by atoms with Crippen LogP contribution in [0.3, 0.4) is 0 Å². The van der Waals surface area contributed by atoms with Gasteiger partial charge >= 0.3 is 0 Å².